The molecule has 0 saturated carbocycles. The normalized spacial score (nSPS) is 23.4. The molecule has 1 saturated heterocycles. The average Bonchev–Trinajstić information content (AvgIpc) is 2.37. The Labute approximate surface area is 120 Å². The highest BCUT2D eigenvalue weighted by Crippen LogP contribution is 2.36. The van der Waals surface area contributed by atoms with Gasteiger partial charge in [0.1, 0.15) is 5.60 Å². The topological polar surface area (TPSA) is 38.8 Å². The van der Waals surface area contributed by atoms with Gasteiger partial charge in [0.15, 0.2) is 17.3 Å². The zero-order valence-electron chi connectivity index (χ0n) is 12.7. The number of hydrogen-bond donors (Lipinski definition) is 0. The van der Waals surface area contributed by atoms with Crippen LogP contribution in [0.4, 0.5) is 0 Å². The van der Waals surface area contributed by atoms with Crippen LogP contribution in [-0.4, -0.2) is 43.5 Å². The van der Waals surface area contributed by atoms with Crippen molar-refractivity contribution < 1.29 is 14.3 Å². The molecule has 0 radical (unpaired) electrons. The van der Waals surface area contributed by atoms with E-state index in [1.54, 1.807) is 20.1 Å². The second-order valence-electron chi connectivity index (χ2n) is 5.79. The first-order chi connectivity index (χ1) is 9.45. The number of benzene rings is 1. The van der Waals surface area contributed by atoms with E-state index in [2.05, 4.69) is 18.9 Å². The summed E-state index contributed by atoms with van der Waals surface area (Å²) in [4.78, 5) is 14.1. The standard InChI is InChI=1S/C16H23NO3/c1-12(18)13-7-5-8-14(19-4)15(13)20-16(2)9-6-10-17(3)11-16/h5,7-8H,6,9-11H2,1-4H3. The molecular weight excluding hydrogens is 254 g/mol. The Balaban J connectivity index is 2.34. The van der Waals surface area contributed by atoms with E-state index >= 15 is 0 Å². The highest BCUT2D eigenvalue weighted by Gasteiger charge is 2.33. The van der Waals surface area contributed by atoms with Gasteiger partial charge in [-0.15, -0.1) is 0 Å². The number of nitrogens with zero attached hydrogens (tertiary/aromatic N) is 1. The van der Waals surface area contributed by atoms with Gasteiger partial charge in [0.2, 0.25) is 0 Å². The number of ether oxygens (including phenoxy) is 2. The van der Waals surface area contributed by atoms with E-state index in [1.165, 1.54) is 0 Å². The van der Waals surface area contributed by atoms with Crippen molar-refractivity contribution in [2.24, 2.45) is 0 Å². The smallest absolute Gasteiger partial charge is 0.172 e. The number of methoxy groups -OCH3 is 1. The molecule has 0 spiro atoms. The minimum atomic E-state index is -0.286. The number of piperidine rings is 1. The number of likely N-dealkylation sites (N-methyl/N-ethyl adjacent to an activating group) is 1. The van der Waals surface area contributed by atoms with E-state index < -0.39 is 0 Å². The molecule has 0 aromatic heterocycles. The van der Waals surface area contributed by atoms with E-state index in [-0.39, 0.29) is 11.4 Å². The van der Waals surface area contributed by atoms with Crippen molar-refractivity contribution in [1.29, 1.82) is 0 Å². The summed E-state index contributed by atoms with van der Waals surface area (Å²) in [5.74, 6) is 1.18. The van der Waals surface area contributed by atoms with Crippen LogP contribution >= 0.6 is 0 Å². The number of hydrogen-bond acceptors (Lipinski definition) is 4. The summed E-state index contributed by atoms with van der Waals surface area (Å²) in [5, 5.41) is 0. The van der Waals surface area contributed by atoms with E-state index in [0.717, 1.165) is 25.9 Å². The first-order valence-corrected chi connectivity index (χ1v) is 7.01. The Bertz CT molecular complexity index is 500. The highest BCUT2D eigenvalue weighted by molar-refractivity contribution is 5.97. The average molecular weight is 277 g/mol. The molecule has 4 heteroatoms. The molecule has 1 unspecified atom stereocenters. The molecule has 1 atom stereocenters. The van der Waals surface area contributed by atoms with Gasteiger partial charge in [-0.1, -0.05) is 6.07 Å². The lowest BCUT2D eigenvalue weighted by molar-refractivity contribution is 0.0131. The largest absolute Gasteiger partial charge is 0.493 e. The summed E-state index contributed by atoms with van der Waals surface area (Å²) in [6.45, 7) is 5.59. The van der Waals surface area contributed by atoms with Gasteiger partial charge in [-0.05, 0) is 52.4 Å². The SMILES string of the molecule is COc1cccc(C(C)=O)c1OC1(C)CCCN(C)C1. The third kappa shape index (κ3) is 3.12. The zero-order chi connectivity index (χ0) is 14.8. The van der Waals surface area contributed by atoms with Crippen LogP contribution in [0, 0.1) is 0 Å². The Morgan fingerprint density at radius 2 is 2.15 bits per heavy atom. The fourth-order valence-electron chi connectivity index (χ4n) is 2.84. The third-order valence-corrected chi connectivity index (χ3v) is 3.78. The summed E-state index contributed by atoms with van der Waals surface area (Å²) >= 11 is 0. The number of Topliss-reactive ketones (excluding diaryl/α,β-unsaturated/α-hetero) is 1. The van der Waals surface area contributed by atoms with Crippen LogP contribution in [0.25, 0.3) is 0 Å². The van der Waals surface area contributed by atoms with Crippen LogP contribution in [0.1, 0.15) is 37.0 Å². The van der Waals surface area contributed by atoms with E-state index in [4.69, 9.17) is 9.47 Å². The van der Waals surface area contributed by atoms with Gasteiger partial charge >= 0.3 is 0 Å². The number of para-hydroxylation sites is 1. The minimum absolute atomic E-state index is 0.00772. The Hall–Kier alpha value is -1.55. The third-order valence-electron chi connectivity index (χ3n) is 3.78. The molecule has 20 heavy (non-hydrogen) atoms. The minimum Gasteiger partial charge on any atom is -0.493 e. The molecule has 1 fully saturated rings. The van der Waals surface area contributed by atoms with Gasteiger partial charge in [-0.3, -0.25) is 4.79 Å². The van der Waals surface area contributed by atoms with Crippen molar-refractivity contribution in [2.45, 2.75) is 32.3 Å². The van der Waals surface area contributed by atoms with E-state index in [0.29, 0.717) is 17.1 Å². The molecule has 0 bridgehead atoms. The molecule has 0 N–H and O–H groups in total. The van der Waals surface area contributed by atoms with Crippen LogP contribution in [0.5, 0.6) is 11.5 Å². The number of rotatable bonds is 4. The molecule has 2 rings (SSSR count). The van der Waals surface area contributed by atoms with Gasteiger partial charge in [-0.2, -0.15) is 0 Å². The van der Waals surface area contributed by atoms with Gasteiger partial charge in [0.05, 0.1) is 12.7 Å². The fraction of sp³-hybridized carbons (Fsp3) is 0.562. The number of ketones is 1. The van der Waals surface area contributed by atoms with Crippen molar-refractivity contribution in [3.8, 4) is 11.5 Å². The first-order valence-electron chi connectivity index (χ1n) is 7.01. The molecule has 0 amide bonds. The molecule has 1 aromatic carbocycles. The van der Waals surface area contributed by atoms with Crippen molar-refractivity contribution in [3.05, 3.63) is 23.8 Å². The first kappa shape index (κ1) is 14.9. The van der Waals surface area contributed by atoms with Gasteiger partial charge < -0.3 is 14.4 Å². The lowest BCUT2D eigenvalue weighted by atomic mass is 9.94. The molecule has 110 valence electrons. The predicted octanol–water partition coefficient (Wildman–Crippen LogP) is 2.76. The van der Waals surface area contributed by atoms with Crippen LogP contribution in [0.2, 0.25) is 0 Å². The van der Waals surface area contributed by atoms with Gasteiger partial charge in [0, 0.05) is 6.54 Å². The van der Waals surface area contributed by atoms with Crippen LogP contribution < -0.4 is 9.47 Å². The maximum atomic E-state index is 11.8. The van der Waals surface area contributed by atoms with Crippen LogP contribution in [0.3, 0.4) is 0 Å². The maximum Gasteiger partial charge on any atom is 0.172 e. The monoisotopic (exact) mass is 277 g/mol. The summed E-state index contributed by atoms with van der Waals surface area (Å²) in [6, 6.07) is 5.44. The summed E-state index contributed by atoms with van der Waals surface area (Å²) < 4.78 is 11.6. The summed E-state index contributed by atoms with van der Waals surface area (Å²) in [6.07, 6.45) is 2.07. The van der Waals surface area contributed by atoms with E-state index in [9.17, 15) is 4.79 Å². The van der Waals surface area contributed by atoms with Crippen molar-refractivity contribution >= 4 is 5.78 Å². The van der Waals surface area contributed by atoms with Gasteiger partial charge in [-0.25, -0.2) is 0 Å². The molecule has 4 nitrogen and oxygen atoms in total. The van der Waals surface area contributed by atoms with E-state index in [1.807, 2.05) is 12.1 Å². The van der Waals surface area contributed by atoms with Gasteiger partial charge in [0.25, 0.3) is 0 Å². The zero-order valence-corrected chi connectivity index (χ0v) is 12.7. The molecule has 1 aromatic rings. The number of carbonyl (C=O) groups excluding carboxylic acids is 1. The van der Waals surface area contributed by atoms with Crippen molar-refractivity contribution in [3.63, 3.8) is 0 Å². The van der Waals surface area contributed by atoms with Crippen molar-refractivity contribution in [1.82, 2.24) is 4.90 Å². The fourth-order valence-corrected chi connectivity index (χ4v) is 2.84. The number of carbonyl (C=O) groups is 1. The maximum absolute atomic E-state index is 11.8. The molecule has 1 aliphatic rings. The molecular formula is C16H23NO3. The predicted molar refractivity (Wildman–Crippen MR) is 78.8 cm³/mol. The molecule has 0 aliphatic carbocycles. The second kappa shape index (κ2) is 5.83. The Morgan fingerprint density at radius 3 is 2.75 bits per heavy atom. The Morgan fingerprint density at radius 1 is 1.40 bits per heavy atom. The molecule has 1 heterocycles. The van der Waals surface area contributed by atoms with Crippen LogP contribution in [-0.2, 0) is 0 Å². The highest BCUT2D eigenvalue weighted by atomic mass is 16.5. The van der Waals surface area contributed by atoms with Crippen LogP contribution in [0.15, 0.2) is 18.2 Å². The van der Waals surface area contributed by atoms with Crippen molar-refractivity contribution in [2.75, 3.05) is 27.2 Å². The summed E-state index contributed by atoms with van der Waals surface area (Å²) in [7, 11) is 3.69. The summed E-state index contributed by atoms with van der Waals surface area (Å²) in [5.41, 5.74) is 0.296. The lowest BCUT2D eigenvalue weighted by Crippen LogP contribution is -2.48. The second-order valence-corrected chi connectivity index (χ2v) is 5.79. The Kier molecular flexibility index (Phi) is 4.33. The molecule has 1 aliphatic heterocycles. The quantitative estimate of drug-likeness (QED) is 0.793. The lowest BCUT2D eigenvalue weighted by Gasteiger charge is -2.39. The number of likely N-dealkylation sites (tertiary alicyclic amines) is 1.